The molecule has 0 aliphatic carbocycles. The summed E-state index contributed by atoms with van der Waals surface area (Å²) in [5.74, 6) is -0.0112. The van der Waals surface area contributed by atoms with Gasteiger partial charge >= 0.3 is 0 Å². The van der Waals surface area contributed by atoms with E-state index in [2.05, 4.69) is 19.2 Å². The number of nitrogens with one attached hydrogen (secondary N) is 2. The van der Waals surface area contributed by atoms with Crippen molar-refractivity contribution in [2.45, 2.75) is 70.8 Å². The third-order valence-electron chi connectivity index (χ3n) is 12.1. The zero-order valence-electron chi connectivity index (χ0n) is 37.4. The molecule has 5 aromatic carbocycles. The molecule has 0 radical (unpaired) electrons. The molecule has 0 aromatic heterocycles. The second kappa shape index (κ2) is 20.9. The highest BCUT2D eigenvalue weighted by Crippen LogP contribution is 2.34. The Labute approximate surface area is 390 Å². The molecule has 2 aliphatic rings. The van der Waals surface area contributed by atoms with E-state index in [0.29, 0.717) is 49.7 Å². The lowest BCUT2D eigenvalue weighted by Gasteiger charge is -2.35. The summed E-state index contributed by atoms with van der Waals surface area (Å²) in [4.78, 5) is 4.02. The fraction of sp³-hybridized carbons (Fsp3) is 0.362. The van der Waals surface area contributed by atoms with E-state index >= 15 is 0 Å². The van der Waals surface area contributed by atoms with Crippen LogP contribution in [0.2, 0.25) is 0 Å². The molecule has 2 aliphatic heterocycles. The largest absolute Gasteiger partial charge is 0.372 e. The summed E-state index contributed by atoms with van der Waals surface area (Å²) in [7, 11) is -11.6. The van der Waals surface area contributed by atoms with E-state index in [1.807, 2.05) is 54.6 Å². The Morgan fingerprint density at radius 2 is 1.03 bits per heavy atom. The Balaban J connectivity index is 0.967. The van der Waals surface area contributed by atoms with Gasteiger partial charge in [0.1, 0.15) is 0 Å². The molecule has 0 spiro atoms. The maximum Gasteiger partial charge on any atom is 0.261 e. The average molecular weight is 979 g/mol. The number of benzene rings is 5. The van der Waals surface area contributed by atoms with E-state index in [9.17, 15) is 33.7 Å². The lowest BCUT2D eigenvalue weighted by Crippen LogP contribution is -2.40. The summed E-state index contributed by atoms with van der Waals surface area (Å²) < 4.78 is 121. The van der Waals surface area contributed by atoms with Gasteiger partial charge in [0.2, 0.25) is 20.0 Å². The van der Waals surface area contributed by atoms with Gasteiger partial charge in [0, 0.05) is 53.9 Å². The van der Waals surface area contributed by atoms with Crippen LogP contribution in [0.25, 0.3) is 0 Å². The van der Waals surface area contributed by atoms with Gasteiger partial charge in [-0.2, -0.15) is 0 Å². The molecular weight excluding hydrogens is 921 g/mol. The van der Waals surface area contributed by atoms with Crippen LogP contribution in [0, 0.1) is 5.92 Å². The summed E-state index contributed by atoms with van der Waals surface area (Å²) in [5.41, 5.74) is 3.29. The van der Waals surface area contributed by atoms with Crippen molar-refractivity contribution in [3.05, 3.63) is 133 Å². The Bertz CT molecular complexity index is 2890. The number of hydrogen-bond donors (Lipinski definition) is 2. The summed E-state index contributed by atoms with van der Waals surface area (Å²) in [5, 5.41) is 0. The number of ether oxygens (including phenoxy) is 1. The van der Waals surface area contributed by atoms with Crippen LogP contribution in [0.15, 0.2) is 147 Å². The van der Waals surface area contributed by atoms with Gasteiger partial charge < -0.3 is 14.5 Å². The van der Waals surface area contributed by atoms with Gasteiger partial charge in [0.25, 0.3) is 20.0 Å². The molecule has 2 unspecified atom stereocenters. The van der Waals surface area contributed by atoms with Gasteiger partial charge in [-0.25, -0.2) is 42.3 Å². The van der Waals surface area contributed by atoms with Gasteiger partial charge in [-0.1, -0.05) is 61.0 Å². The first-order valence-corrected chi connectivity index (χ1v) is 27.8. The van der Waals surface area contributed by atoms with E-state index in [1.54, 1.807) is 24.3 Å². The molecule has 0 saturated carbocycles. The molecule has 2 saturated heterocycles. The van der Waals surface area contributed by atoms with Crippen molar-refractivity contribution in [2.75, 3.05) is 73.1 Å². The average Bonchev–Trinajstić information content (AvgIpc) is 3.30. The molecule has 2 heterocycles. The van der Waals surface area contributed by atoms with E-state index in [-0.39, 0.29) is 38.1 Å². The Hall–Kier alpha value is -5.02. The molecule has 19 heteroatoms. The summed E-state index contributed by atoms with van der Waals surface area (Å²) >= 11 is 0. The first kappa shape index (κ1) is 48.9. The van der Waals surface area contributed by atoms with Crippen LogP contribution in [0.3, 0.4) is 0 Å². The van der Waals surface area contributed by atoms with Crippen molar-refractivity contribution in [2.24, 2.45) is 5.92 Å². The molecule has 354 valence electrons. The smallest absolute Gasteiger partial charge is 0.261 e. The monoisotopic (exact) mass is 978 g/mol. The van der Waals surface area contributed by atoms with E-state index in [4.69, 9.17) is 4.74 Å². The maximum atomic E-state index is 13.9. The highest BCUT2D eigenvalue weighted by atomic mass is 32.2. The standard InChI is InChI=1S/C47H58N6O9S4/c1-50(2)65(58,59)42-26-22-40(23-27-42)63(54,55)48-44-18-7-9-20-46(44)52-31-12-11-14-37(30-33-52)34-51(3)66(60,61)43-28-24-41(25-29-43)64(56,57)49-45-19-8-10-21-47(45)53-32-13-17-39(35-53)62-36-38-15-5-4-6-16-38/h4-10,15-16,18-29,37,39,48-49H,11-14,17,30-36H2,1-3H3. The lowest BCUT2D eigenvalue weighted by atomic mass is 9.95. The molecular formula is C47H58N6O9S4. The number of sulfonamides is 4. The molecule has 2 atom stereocenters. The Kier molecular flexibility index (Phi) is 15.5. The van der Waals surface area contributed by atoms with Crippen LogP contribution in [-0.4, -0.2) is 102 Å². The highest BCUT2D eigenvalue weighted by Gasteiger charge is 2.29. The Morgan fingerprint density at radius 3 is 1.61 bits per heavy atom. The third-order valence-corrected chi connectivity index (χ3v) is 18.5. The van der Waals surface area contributed by atoms with Crippen LogP contribution in [0.5, 0.6) is 0 Å². The van der Waals surface area contributed by atoms with Crippen LogP contribution in [0.1, 0.15) is 44.1 Å². The number of rotatable bonds is 17. The van der Waals surface area contributed by atoms with Crippen molar-refractivity contribution < 1.29 is 38.4 Å². The first-order valence-electron chi connectivity index (χ1n) is 21.9. The fourth-order valence-electron chi connectivity index (χ4n) is 8.35. The van der Waals surface area contributed by atoms with Crippen molar-refractivity contribution in [1.29, 1.82) is 0 Å². The normalized spacial score (nSPS) is 17.9. The van der Waals surface area contributed by atoms with Crippen molar-refractivity contribution in [3.8, 4) is 0 Å². The zero-order chi connectivity index (χ0) is 47.1. The van der Waals surface area contributed by atoms with Gasteiger partial charge in [-0.05, 0) is 116 Å². The summed E-state index contributed by atoms with van der Waals surface area (Å²) in [6, 6.07) is 34.6. The molecule has 66 heavy (non-hydrogen) atoms. The maximum absolute atomic E-state index is 13.9. The minimum Gasteiger partial charge on any atom is -0.372 e. The van der Waals surface area contributed by atoms with Gasteiger partial charge in [-0.15, -0.1) is 0 Å². The van der Waals surface area contributed by atoms with Crippen LogP contribution < -0.4 is 19.2 Å². The number of para-hydroxylation sites is 4. The SMILES string of the molecule is CN(C)S(=O)(=O)c1ccc(S(=O)(=O)Nc2ccccc2N2CCCCC(CN(C)S(=O)(=O)c3ccc(S(=O)(=O)Nc4ccccc4N4CCCC(OCc5ccccc5)C4)cc3)CC2)cc1. The molecule has 2 fully saturated rings. The second-order valence-electron chi connectivity index (χ2n) is 16.9. The first-order chi connectivity index (χ1) is 31.4. The van der Waals surface area contributed by atoms with Crippen molar-refractivity contribution in [3.63, 3.8) is 0 Å². The quantitative estimate of drug-likeness (QED) is 0.0975. The highest BCUT2D eigenvalue weighted by molar-refractivity contribution is 7.93. The molecule has 7 rings (SSSR count). The molecule has 15 nitrogen and oxygen atoms in total. The minimum atomic E-state index is -4.09. The Morgan fingerprint density at radius 1 is 0.530 bits per heavy atom. The van der Waals surface area contributed by atoms with Crippen LogP contribution >= 0.6 is 0 Å². The lowest BCUT2D eigenvalue weighted by molar-refractivity contribution is 0.0316. The fourth-order valence-corrected chi connectivity index (χ4v) is 12.6. The molecule has 0 bridgehead atoms. The number of piperidine rings is 1. The second-order valence-corrected chi connectivity index (χ2v) is 24.5. The van der Waals surface area contributed by atoms with Crippen molar-refractivity contribution >= 4 is 62.8 Å². The van der Waals surface area contributed by atoms with E-state index < -0.39 is 40.1 Å². The minimum absolute atomic E-state index is 0.0112. The predicted molar refractivity (Wildman–Crippen MR) is 259 cm³/mol. The molecule has 5 aromatic rings. The molecule has 0 amide bonds. The number of anilines is 4. The number of nitrogens with zero attached hydrogens (tertiary/aromatic N) is 4. The van der Waals surface area contributed by atoms with Gasteiger partial charge in [-0.3, -0.25) is 9.44 Å². The predicted octanol–water partition coefficient (Wildman–Crippen LogP) is 7.04. The zero-order valence-corrected chi connectivity index (χ0v) is 40.6. The van der Waals surface area contributed by atoms with E-state index in [0.717, 1.165) is 54.2 Å². The van der Waals surface area contributed by atoms with Crippen LogP contribution in [0.4, 0.5) is 22.7 Å². The van der Waals surface area contributed by atoms with E-state index in [1.165, 1.54) is 74.0 Å². The number of hydrogen-bond acceptors (Lipinski definition) is 11. The molecule has 2 N–H and O–H groups in total. The topological polar surface area (TPSA) is 183 Å². The van der Waals surface area contributed by atoms with Gasteiger partial charge in [0.15, 0.2) is 0 Å². The summed E-state index contributed by atoms with van der Waals surface area (Å²) in [6.45, 7) is 3.28. The van der Waals surface area contributed by atoms with Crippen LogP contribution in [-0.2, 0) is 51.4 Å². The van der Waals surface area contributed by atoms with Crippen molar-refractivity contribution in [1.82, 2.24) is 8.61 Å². The summed E-state index contributed by atoms with van der Waals surface area (Å²) in [6.07, 6.45) is 4.82. The van der Waals surface area contributed by atoms with Gasteiger partial charge in [0.05, 0.1) is 55.0 Å². The third kappa shape index (κ3) is 11.7.